The van der Waals surface area contributed by atoms with Crippen LogP contribution in [0.2, 0.25) is 0 Å². The Kier molecular flexibility index (Phi) is 2.35. The fraction of sp³-hybridized carbons (Fsp3) is 0.400. The van der Waals surface area contributed by atoms with E-state index in [-0.39, 0.29) is 0 Å². The Hall–Kier alpha value is -0.500. The van der Waals surface area contributed by atoms with Crippen molar-refractivity contribution in [3.63, 3.8) is 0 Å². The highest BCUT2D eigenvalue weighted by molar-refractivity contribution is 8.00. The first-order valence-electron chi connectivity index (χ1n) is 4.29. The summed E-state index contributed by atoms with van der Waals surface area (Å²) in [7, 11) is 0. The van der Waals surface area contributed by atoms with Crippen molar-refractivity contribution < 1.29 is 4.57 Å². The third-order valence-electron chi connectivity index (χ3n) is 2.19. The highest BCUT2D eigenvalue weighted by Gasteiger charge is 2.25. The minimum atomic E-state index is 0.952. The van der Waals surface area contributed by atoms with Crippen LogP contribution in [0.5, 0.6) is 0 Å². The van der Waals surface area contributed by atoms with Gasteiger partial charge in [-0.1, -0.05) is 0 Å². The zero-order valence-corrected chi connectivity index (χ0v) is 7.89. The fourth-order valence-corrected chi connectivity index (χ4v) is 1.57. The summed E-state index contributed by atoms with van der Waals surface area (Å²) in [5, 5.41) is 0. The summed E-state index contributed by atoms with van der Waals surface area (Å²) in [6.45, 7) is 1.20. The van der Waals surface area contributed by atoms with Crippen molar-refractivity contribution in [2.45, 2.75) is 24.3 Å². The summed E-state index contributed by atoms with van der Waals surface area (Å²) in [5.41, 5.74) is 0. The van der Waals surface area contributed by atoms with Crippen LogP contribution in [0.4, 0.5) is 0 Å². The molecule has 1 aromatic heterocycles. The molecule has 12 heavy (non-hydrogen) atoms. The molecule has 0 unspecified atom stereocenters. The summed E-state index contributed by atoms with van der Waals surface area (Å²) in [4.78, 5) is 1.24. The topological polar surface area (TPSA) is 3.88 Å². The minimum absolute atomic E-state index is 0.952. The van der Waals surface area contributed by atoms with Gasteiger partial charge in [0, 0.05) is 29.2 Å². The first-order chi connectivity index (χ1) is 5.88. The number of rotatable bonds is 3. The third-order valence-corrected chi connectivity index (χ3v) is 2.80. The summed E-state index contributed by atoms with van der Waals surface area (Å²) < 4.78 is 2.26. The molecule has 0 spiro atoms. The minimum Gasteiger partial charge on any atom is -0.205 e. The molecule has 1 fully saturated rings. The Morgan fingerprint density at radius 3 is 2.58 bits per heavy atom. The van der Waals surface area contributed by atoms with E-state index in [4.69, 9.17) is 0 Å². The van der Waals surface area contributed by atoms with Gasteiger partial charge >= 0.3 is 0 Å². The maximum absolute atomic E-state index is 3.77. The lowest BCUT2D eigenvalue weighted by molar-refractivity contribution is -0.700. The molecule has 0 atom stereocenters. The molecule has 0 saturated heterocycles. The van der Waals surface area contributed by atoms with Crippen LogP contribution >= 0.6 is 11.8 Å². The Morgan fingerprint density at radius 2 is 2.08 bits per heavy atom. The van der Waals surface area contributed by atoms with E-state index < -0.39 is 0 Å². The van der Waals surface area contributed by atoms with Crippen molar-refractivity contribution in [3.8, 4) is 0 Å². The predicted molar refractivity (Wildman–Crippen MR) is 50.6 cm³/mol. The van der Waals surface area contributed by atoms with Crippen molar-refractivity contribution in [1.82, 2.24) is 0 Å². The highest BCUT2D eigenvalue weighted by atomic mass is 32.2. The lowest BCUT2D eigenvalue weighted by atomic mass is 10.4. The van der Waals surface area contributed by atoms with Gasteiger partial charge in [-0.15, -0.1) is 11.8 Å². The molecule has 0 aromatic carbocycles. The van der Waals surface area contributed by atoms with Crippen LogP contribution in [0, 0.1) is 12.2 Å². The average molecular weight is 179 g/mol. The van der Waals surface area contributed by atoms with Gasteiger partial charge in [-0.3, -0.25) is 0 Å². The lowest BCUT2D eigenvalue weighted by Crippen LogP contribution is -2.33. The average Bonchev–Trinajstić information content (AvgIpc) is 2.90. The van der Waals surface area contributed by atoms with Gasteiger partial charge in [0.2, 0.25) is 0 Å². The molecule has 1 nitrogen and oxygen atoms in total. The number of hydrogen-bond acceptors (Lipinski definition) is 1. The van der Waals surface area contributed by atoms with Crippen molar-refractivity contribution >= 4 is 11.8 Å². The molecule has 1 aliphatic rings. The molecule has 1 heterocycles. The number of hydrogen-bond donors (Lipinski definition) is 0. The fourth-order valence-electron chi connectivity index (χ4n) is 1.26. The standard InChI is InChI=1S/C10H13NS/c1-12-10-4-6-11(7-5-10)8-9-2-3-9/h4-7,9H,1-3,8H2/q+1. The van der Waals surface area contributed by atoms with Gasteiger partial charge in [-0.05, 0) is 12.8 Å². The molecule has 0 aliphatic heterocycles. The van der Waals surface area contributed by atoms with E-state index in [1.54, 1.807) is 11.8 Å². The van der Waals surface area contributed by atoms with Crippen LogP contribution in [0.25, 0.3) is 0 Å². The van der Waals surface area contributed by atoms with Crippen molar-refractivity contribution in [2.75, 3.05) is 0 Å². The molecule has 1 aromatic rings. The second kappa shape index (κ2) is 3.48. The molecule has 2 heteroatoms. The van der Waals surface area contributed by atoms with E-state index in [9.17, 15) is 0 Å². The first kappa shape index (κ1) is 8.11. The van der Waals surface area contributed by atoms with Gasteiger partial charge in [0.25, 0.3) is 0 Å². The van der Waals surface area contributed by atoms with E-state index in [0.717, 1.165) is 5.92 Å². The third kappa shape index (κ3) is 2.01. The molecule has 2 rings (SSSR count). The van der Waals surface area contributed by atoms with Crippen molar-refractivity contribution in [2.24, 2.45) is 5.92 Å². The summed E-state index contributed by atoms with van der Waals surface area (Å²) in [6.07, 6.45) is 10.9. The van der Waals surface area contributed by atoms with Gasteiger partial charge in [0.1, 0.15) is 0 Å². The Morgan fingerprint density at radius 1 is 1.42 bits per heavy atom. The summed E-state index contributed by atoms with van der Waals surface area (Å²) >= 11 is 1.55. The molecule has 0 amide bonds. The monoisotopic (exact) mass is 179 g/mol. The van der Waals surface area contributed by atoms with Gasteiger partial charge < -0.3 is 0 Å². The molecule has 1 aliphatic carbocycles. The quantitative estimate of drug-likeness (QED) is 0.508. The van der Waals surface area contributed by atoms with E-state index in [0.29, 0.717) is 0 Å². The molecular formula is C10H13NS+. The van der Waals surface area contributed by atoms with Gasteiger partial charge in [-0.2, -0.15) is 0 Å². The van der Waals surface area contributed by atoms with Gasteiger partial charge in [0.05, 0.1) is 0 Å². The van der Waals surface area contributed by atoms with E-state index >= 15 is 0 Å². The number of nitrogens with zero attached hydrogens (tertiary/aromatic N) is 1. The van der Waals surface area contributed by atoms with Crippen LogP contribution in [-0.4, -0.2) is 0 Å². The van der Waals surface area contributed by atoms with Gasteiger partial charge in [-0.25, -0.2) is 4.57 Å². The number of aromatic nitrogens is 1. The smallest absolute Gasteiger partial charge is 0.169 e. The van der Waals surface area contributed by atoms with E-state index in [1.807, 2.05) is 0 Å². The first-order valence-corrected chi connectivity index (χ1v) is 5.28. The highest BCUT2D eigenvalue weighted by Crippen LogP contribution is 2.28. The SMILES string of the molecule is [CH2]Sc1cc[n+](CC2CC2)cc1. The lowest BCUT2D eigenvalue weighted by Gasteiger charge is -1.95. The predicted octanol–water partition coefficient (Wildman–Crippen LogP) is 2.27. The largest absolute Gasteiger partial charge is 0.205 e. The van der Waals surface area contributed by atoms with Crippen LogP contribution in [0.1, 0.15) is 12.8 Å². The maximum atomic E-state index is 3.77. The van der Waals surface area contributed by atoms with Crippen molar-refractivity contribution in [3.05, 3.63) is 30.8 Å². The van der Waals surface area contributed by atoms with Crippen LogP contribution < -0.4 is 4.57 Å². The summed E-state index contributed by atoms with van der Waals surface area (Å²) in [5.74, 6) is 0.952. The van der Waals surface area contributed by atoms with E-state index in [2.05, 4.69) is 35.3 Å². The number of pyridine rings is 1. The zero-order chi connectivity index (χ0) is 8.39. The van der Waals surface area contributed by atoms with Gasteiger partial charge in [0.15, 0.2) is 18.9 Å². The van der Waals surface area contributed by atoms with Crippen LogP contribution in [-0.2, 0) is 6.54 Å². The molecular weight excluding hydrogens is 166 g/mol. The molecule has 0 bridgehead atoms. The Labute approximate surface area is 77.8 Å². The normalized spacial score (nSPS) is 16.4. The maximum Gasteiger partial charge on any atom is 0.169 e. The second-order valence-corrected chi connectivity index (χ2v) is 4.08. The molecule has 1 saturated carbocycles. The second-order valence-electron chi connectivity index (χ2n) is 3.32. The summed E-state index contributed by atoms with van der Waals surface area (Å²) in [6, 6.07) is 4.25. The number of thioether (sulfide) groups is 1. The Bertz CT molecular complexity index is 251. The molecule has 0 N–H and O–H groups in total. The van der Waals surface area contributed by atoms with Crippen LogP contribution in [0.15, 0.2) is 29.4 Å². The van der Waals surface area contributed by atoms with E-state index in [1.165, 1.54) is 24.3 Å². The molecule has 63 valence electrons. The van der Waals surface area contributed by atoms with Crippen LogP contribution in [0.3, 0.4) is 0 Å². The molecule has 1 radical (unpaired) electrons. The Balaban J connectivity index is 2.02. The zero-order valence-electron chi connectivity index (χ0n) is 7.07. The van der Waals surface area contributed by atoms with Crippen molar-refractivity contribution in [1.29, 1.82) is 0 Å².